The molecule has 2 fully saturated rings. The van der Waals surface area contributed by atoms with Gasteiger partial charge in [0.15, 0.2) is 0 Å². The minimum absolute atomic E-state index is 0.0492. The van der Waals surface area contributed by atoms with Crippen LogP contribution in [0.2, 0.25) is 0 Å². The first-order chi connectivity index (χ1) is 7.18. The van der Waals surface area contributed by atoms with E-state index in [4.69, 9.17) is 0 Å². The molecule has 0 aliphatic carbocycles. The van der Waals surface area contributed by atoms with Gasteiger partial charge in [-0.25, -0.2) is 0 Å². The van der Waals surface area contributed by atoms with E-state index in [2.05, 4.69) is 5.32 Å². The molecule has 0 spiro atoms. The van der Waals surface area contributed by atoms with E-state index in [1.54, 1.807) is 16.8 Å². The molecular weight excluding hydrogens is 194 g/mol. The third-order valence-corrected chi connectivity index (χ3v) is 3.12. The molecule has 0 bridgehead atoms. The second-order valence-electron chi connectivity index (χ2n) is 4.28. The van der Waals surface area contributed by atoms with Gasteiger partial charge in [0.05, 0.1) is 12.5 Å². The molecule has 15 heavy (non-hydrogen) atoms. The number of nitrogens with one attached hydrogen (secondary N) is 1. The number of carbonyl (C=O) groups excluding carboxylic acids is 2. The molecule has 0 aromatic heterocycles. The molecule has 2 aliphatic rings. The predicted octanol–water partition coefficient (Wildman–Crippen LogP) is -1.10. The lowest BCUT2D eigenvalue weighted by Gasteiger charge is -2.31. The average Bonchev–Trinajstić information content (AvgIpc) is 2.27. The SMILES string of the molecule is CN1CCCN(C(=O)C2CNC2)CC1=O. The molecule has 2 heterocycles. The molecule has 2 aliphatic heterocycles. The summed E-state index contributed by atoms with van der Waals surface area (Å²) in [7, 11) is 1.79. The molecule has 0 unspecified atom stereocenters. The van der Waals surface area contributed by atoms with Crippen LogP contribution in [0.15, 0.2) is 0 Å². The molecule has 0 radical (unpaired) electrons. The van der Waals surface area contributed by atoms with Crippen LogP contribution in [-0.2, 0) is 9.59 Å². The van der Waals surface area contributed by atoms with E-state index in [1.165, 1.54) is 0 Å². The number of hydrogen-bond acceptors (Lipinski definition) is 3. The van der Waals surface area contributed by atoms with Crippen molar-refractivity contribution >= 4 is 11.8 Å². The van der Waals surface area contributed by atoms with Gasteiger partial charge < -0.3 is 15.1 Å². The maximum Gasteiger partial charge on any atom is 0.241 e. The monoisotopic (exact) mass is 211 g/mol. The smallest absolute Gasteiger partial charge is 0.241 e. The molecule has 0 atom stereocenters. The van der Waals surface area contributed by atoms with Crippen LogP contribution in [-0.4, -0.2) is 61.4 Å². The third kappa shape index (κ3) is 2.12. The number of likely N-dealkylation sites (N-methyl/N-ethyl adjacent to an activating group) is 1. The lowest BCUT2D eigenvalue weighted by molar-refractivity contribution is -0.141. The van der Waals surface area contributed by atoms with Crippen LogP contribution in [0.4, 0.5) is 0 Å². The minimum Gasteiger partial charge on any atom is -0.344 e. The lowest BCUT2D eigenvalue weighted by atomic mass is 10.0. The van der Waals surface area contributed by atoms with Crippen molar-refractivity contribution in [2.24, 2.45) is 5.92 Å². The van der Waals surface area contributed by atoms with Gasteiger partial charge in [-0.05, 0) is 6.42 Å². The van der Waals surface area contributed by atoms with E-state index < -0.39 is 0 Å². The zero-order valence-corrected chi connectivity index (χ0v) is 9.03. The Hall–Kier alpha value is -1.10. The maximum absolute atomic E-state index is 11.9. The van der Waals surface area contributed by atoms with Crippen molar-refractivity contribution in [2.45, 2.75) is 6.42 Å². The Bertz CT molecular complexity index is 276. The van der Waals surface area contributed by atoms with Crippen LogP contribution in [0.25, 0.3) is 0 Å². The fourth-order valence-electron chi connectivity index (χ4n) is 1.90. The highest BCUT2D eigenvalue weighted by molar-refractivity contribution is 5.86. The van der Waals surface area contributed by atoms with Crippen LogP contribution in [0.5, 0.6) is 0 Å². The highest BCUT2D eigenvalue weighted by Crippen LogP contribution is 2.11. The van der Waals surface area contributed by atoms with Crippen LogP contribution in [0.3, 0.4) is 0 Å². The first kappa shape index (κ1) is 10.4. The summed E-state index contributed by atoms with van der Waals surface area (Å²) in [4.78, 5) is 26.9. The molecule has 2 amide bonds. The van der Waals surface area contributed by atoms with Gasteiger partial charge in [0.2, 0.25) is 11.8 Å². The van der Waals surface area contributed by atoms with Gasteiger partial charge in [0.1, 0.15) is 0 Å². The van der Waals surface area contributed by atoms with Gasteiger partial charge >= 0.3 is 0 Å². The number of hydrogen-bond donors (Lipinski definition) is 1. The number of amides is 2. The van der Waals surface area contributed by atoms with E-state index >= 15 is 0 Å². The molecule has 1 N–H and O–H groups in total. The highest BCUT2D eigenvalue weighted by atomic mass is 16.2. The van der Waals surface area contributed by atoms with Gasteiger partial charge in [-0.2, -0.15) is 0 Å². The summed E-state index contributed by atoms with van der Waals surface area (Å²) in [6.45, 7) is 3.25. The first-order valence-corrected chi connectivity index (χ1v) is 5.42. The second-order valence-corrected chi connectivity index (χ2v) is 4.28. The summed E-state index contributed by atoms with van der Waals surface area (Å²) in [5, 5.41) is 3.07. The quantitative estimate of drug-likeness (QED) is 0.599. The summed E-state index contributed by atoms with van der Waals surface area (Å²) in [6.07, 6.45) is 0.883. The predicted molar refractivity (Wildman–Crippen MR) is 55.2 cm³/mol. The van der Waals surface area contributed by atoms with Crippen LogP contribution in [0, 0.1) is 5.92 Å². The molecule has 0 aromatic carbocycles. The van der Waals surface area contributed by atoms with Crippen LogP contribution in [0.1, 0.15) is 6.42 Å². The molecule has 2 saturated heterocycles. The summed E-state index contributed by atoms with van der Waals surface area (Å²) >= 11 is 0. The second kappa shape index (κ2) is 4.18. The van der Waals surface area contributed by atoms with Crippen molar-refractivity contribution in [1.29, 1.82) is 0 Å². The summed E-state index contributed by atoms with van der Waals surface area (Å²) in [6, 6.07) is 0. The third-order valence-electron chi connectivity index (χ3n) is 3.12. The lowest BCUT2D eigenvalue weighted by Crippen LogP contribution is -2.53. The van der Waals surface area contributed by atoms with Crippen LogP contribution >= 0.6 is 0 Å². The number of carbonyl (C=O) groups is 2. The first-order valence-electron chi connectivity index (χ1n) is 5.42. The van der Waals surface area contributed by atoms with Crippen molar-refractivity contribution in [3.8, 4) is 0 Å². The van der Waals surface area contributed by atoms with Crippen molar-refractivity contribution in [1.82, 2.24) is 15.1 Å². The van der Waals surface area contributed by atoms with Crippen molar-refractivity contribution in [2.75, 3.05) is 39.8 Å². The molecular formula is C10H17N3O2. The fraction of sp³-hybridized carbons (Fsp3) is 0.800. The van der Waals surface area contributed by atoms with Crippen LogP contribution < -0.4 is 5.32 Å². The maximum atomic E-state index is 11.9. The Morgan fingerprint density at radius 1 is 1.40 bits per heavy atom. The Labute approximate surface area is 89.4 Å². The van der Waals surface area contributed by atoms with E-state index in [-0.39, 0.29) is 24.3 Å². The minimum atomic E-state index is 0.0492. The zero-order valence-electron chi connectivity index (χ0n) is 9.03. The molecule has 0 saturated carbocycles. The highest BCUT2D eigenvalue weighted by Gasteiger charge is 2.31. The van der Waals surface area contributed by atoms with E-state index in [0.29, 0.717) is 6.54 Å². The van der Waals surface area contributed by atoms with Crippen molar-refractivity contribution in [3.05, 3.63) is 0 Å². The number of rotatable bonds is 1. The Morgan fingerprint density at radius 3 is 2.73 bits per heavy atom. The van der Waals surface area contributed by atoms with Gasteiger partial charge in [-0.3, -0.25) is 9.59 Å². The molecule has 5 heteroatoms. The Kier molecular flexibility index (Phi) is 2.90. The molecule has 2 rings (SSSR count). The average molecular weight is 211 g/mol. The summed E-state index contributed by atoms with van der Waals surface area (Å²) in [5.41, 5.74) is 0. The van der Waals surface area contributed by atoms with Crippen molar-refractivity contribution in [3.63, 3.8) is 0 Å². The van der Waals surface area contributed by atoms with E-state index in [1.807, 2.05) is 0 Å². The zero-order chi connectivity index (χ0) is 10.8. The Morgan fingerprint density at radius 2 is 2.13 bits per heavy atom. The Balaban J connectivity index is 1.96. The van der Waals surface area contributed by atoms with Gasteiger partial charge in [-0.1, -0.05) is 0 Å². The van der Waals surface area contributed by atoms with E-state index in [9.17, 15) is 9.59 Å². The number of nitrogens with zero attached hydrogens (tertiary/aromatic N) is 2. The summed E-state index contributed by atoms with van der Waals surface area (Å²) in [5.74, 6) is 0.284. The molecule has 5 nitrogen and oxygen atoms in total. The standard InChI is InChI=1S/C10H17N3O2/c1-12-3-2-4-13(7-9(12)14)10(15)8-5-11-6-8/h8,11H,2-7H2,1H3. The van der Waals surface area contributed by atoms with Gasteiger partial charge in [-0.15, -0.1) is 0 Å². The topological polar surface area (TPSA) is 52.6 Å². The van der Waals surface area contributed by atoms with Crippen molar-refractivity contribution < 1.29 is 9.59 Å². The van der Waals surface area contributed by atoms with E-state index in [0.717, 1.165) is 26.1 Å². The normalized spacial score (nSPS) is 23.7. The van der Waals surface area contributed by atoms with Gasteiger partial charge in [0.25, 0.3) is 0 Å². The largest absolute Gasteiger partial charge is 0.344 e. The molecule has 84 valence electrons. The summed E-state index contributed by atoms with van der Waals surface area (Å²) < 4.78 is 0. The van der Waals surface area contributed by atoms with Gasteiger partial charge in [0, 0.05) is 33.2 Å². The molecule has 0 aromatic rings. The fourth-order valence-corrected chi connectivity index (χ4v) is 1.90.